The number of methoxy groups -OCH3 is 1. The second-order valence-corrected chi connectivity index (χ2v) is 3.36. The first-order valence-electron chi connectivity index (χ1n) is 5.29. The topological polar surface area (TPSA) is 61.5 Å². The van der Waals surface area contributed by atoms with Crippen molar-refractivity contribution in [2.75, 3.05) is 20.3 Å². The molecule has 2 N–H and O–H groups in total. The van der Waals surface area contributed by atoms with Crippen molar-refractivity contribution in [1.29, 1.82) is 0 Å². The molecule has 0 aromatic heterocycles. The van der Waals surface area contributed by atoms with E-state index in [2.05, 4.69) is 4.74 Å². The molecule has 0 aliphatic heterocycles. The normalized spacial score (nSPS) is 9.29. The van der Waals surface area contributed by atoms with Gasteiger partial charge in [0, 0.05) is 0 Å². The van der Waals surface area contributed by atoms with E-state index in [1.54, 1.807) is 24.3 Å². The van der Waals surface area contributed by atoms with Crippen LogP contribution in [0.4, 0.5) is 0 Å². The first kappa shape index (κ1) is 15.7. The Hall–Kier alpha value is -1.26. The van der Waals surface area contributed by atoms with Gasteiger partial charge in [-0.2, -0.15) is 0 Å². The van der Waals surface area contributed by atoms with Crippen LogP contribution in [0.3, 0.4) is 0 Å². The summed E-state index contributed by atoms with van der Waals surface area (Å²) < 4.78 is 10.1. The van der Waals surface area contributed by atoms with E-state index in [1.165, 1.54) is 7.11 Å². The van der Waals surface area contributed by atoms with Crippen molar-refractivity contribution >= 4 is 18.4 Å². The Morgan fingerprint density at radius 1 is 1.24 bits per heavy atom. The molecule has 17 heavy (non-hydrogen) atoms. The van der Waals surface area contributed by atoms with E-state index in [-0.39, 0.29) is 18.4 Å². The lowest BCUT2D eigenvalue weighted by Gasteiger charge is -2.06. The molecule has 4 nitrogen and oxygen atoms in total. The number of hydrogen-bond donors (Lipinski definition) is 1. The first-order valence-corrected chi connectivity index (χ1v) is 5.29. The minimum Gasteiger partial charge on any atom is -0.494 e. The van der Waals surface area contributed by atoms with Crippen molar-refractivity contribution in [2.45, 2.75) is 12.8 Å². The monoisotopic (exact) mass is 259 g/mol. The molecule has 1 aromatic carbocycles. The number of ether oxygens (including phenoxy) is 2. The van der Waals surface area contributed by atoms with Gasteiger partial charge in [-0.1, -0.05) is 0 Å². The molecule has 0 fully saturated rings. The van der Waals surface area contributed by atoms with Crippen LogP contribution in [0.2, 0.25) is 0 Å². The van der Waals surface area contributed by atoms with E-state index in [0.29, 0.717) is 18.7 Å². The maximum atomic E-state index is 11.1. The van der Waals surface area contributed by atoms with Crippen molar-refractivity contribution in [3.8, 4) is 5.75 Å². The quantitative estimate of drug-likeness (QED) is 0.627. The standard InChI is InChI=1S/C12H17NO3.ClH/c1-15-12(14)10-4-6-11(7-5-10)16-9-3-2-8-13;/h4-7H,2-3,8-9,13H2,1H3;1H. The molecular weight excluding hydrogens is 242 g/mol. The van der Waals surface area contributed by atoms with Gasteiger partial charge in [-0.05, 0) is 43.7 Å². The lowest BCUT2D eigenvalue weighted by molar-refractivity contribution is 0.0600. The second-order valence-electron chi connectivity index (χ2n) is 3.36. The molecule has 5 heteroatoms. The van der Waals surface area contributed by atoms with Gasteiger partial charge in [0.2, 0.25) is 0 Å². The van der Waals surface area contributed by atoms with Gasteiger partial charge >= 0.3 is 5.97 Å². The minimum absolute atomic E-state index is 0. The number of halogens is 1. The molecule has 0 radical (unpaired) electrons. The van der Waals surface area contributed by atoms with Gasteiger partial charge in [-0.25, -0.2) is 4.79 Å². The second kappa shape index (κ2) is 8.84. The fourth-order valence-corrected chi connectivity index (χ4v) is 1.24. The predicted molar refractivity (Wildman–Crippen MR) is 68.8 cm³/mol. The highest BCUT2D eigenvalue weighted by molar-refractivity contribution is 5.89. The molecule has 0 heterocycles. The van der Waals surface area contributed by atoms with E-state index in [1.807, 2.05) is 0 Å². The molecule has 0 unspecified atom stereocenters. The van der Waals surface area contributed by atoms with Crippen LogP contribution in [-0.2, 0) is 4.74 Å². The van der Waals surface area contributed by atoms with Crippen LogP contribution in [-0.4, -0.2) is 26.2 Å². The Balaban J connectivity index is 0.00000256. The summed E-state index contributed by atoms with van der Waals surface area (Å²) in [6.07, 6.45) is 1.90. The van der Waals surface area contributed by atoms with E-state index in [0.717, 1.165) is 18.6 Å². The van der Waals surface area contributed by atoms with Crippen LogP contribution in [0.1, 0.15) is 23.2 Å². The number of esters is 1. The van der Waals surface area contributed by atoms with Gasteiger partial charge < -0.3 is 15.2 Å². The van der Waals surface area contributed by atoms with Crippen LogP contribution in [0.5, 0.6) is 5.75 Å². The van der Waals surface area contributed by atoms with Crippen LogP contribution in [0, 0.1) is 0 Å². The first-order chi connectivity index (χ1) is 7.77. The fraction of sp³-hybridized carbons (Fsp3) is 0.417. The van der Waals surface area contributed by atoms with Crippen molar-refractivity contribution in [3.63, 3.8) is 0 Å². The Labute approximate surface area is 108 Å². The number of carbonyl (C=O) groups excluding carboxylic acids is 1. The summed E-state index contributed by atoms with van der Waals surface area (Å²) in [6.45, 7) is 1.33. The maximum absolute atomic E-state index is 11.1. The smallest absolute Gasteiger partial charge is 0.337 e. The van der Waals surface area contributed by atoms with Crippen molar-refractivity contribution in [3.05, 3.63) is 29.8 Å². The van der Waals surface area contributed by atoms with Crippen LogP contribution in [0.25, 0.3) is 0 Å². The zero-order valence-corrected chi connectivity index (χ0v) is 10.7. The summed E-state index contributed by atoms with van der Waals surface area (Å²) in [5.74, 6) is 0.416. The summed E-state index contributed by atoms with van der Waals surface area (Å²) in [7, 11) is 1.36. The third kappa shape index (κ3) is 5.56. The van der Waals surface area contributed by atoms with E-state index in [4.69, 9.17) is 10.5 Å². The van der Waals surface area contributed by atoms with Crippen molar-refractivity contribution in [1.82, 2.24) is 0 Å². The summed E-state index contributed by atoms with van der Waals surface area (Å²) in [6, 6.07) is 6.89. The number of nitrogens with two attached hydrogens (primary N) is 1. The SMILES string of the molecule is COC(=O)c1ccc(OCCCCN)cc1.Cl. The van der Waals surface area contributed by atoms with Gasteiger partial charge in [0.1, 0.15) is 5.75 Å². The number of hydrogen-bond acceptors (Lipinski definition) is 4. The molecule has 0 amide bonds. The number of benzene rings is 1. The molecule has 96 valence electrons. The number of rotatable bonds is 6. The van der Waals surface area contributed by atoms with Gasteiger partial charge in [0.25, 0.3) is 0 Å². The lowest BCUT2D eigenvalue weighted by Crippen LogP contribution is -2.04. The minimum atomic E-state index is -0.338. The average Bonchev–Trinajstić information content (AvgIpc) is 2.34. The van der Waals surface area contributed by atoms with Crippen molar-refractivity contribution < 1.29 is 14.3 Å². The number of unbranched alkanes of at least 4 members (excludes halogenated alkanes) is 1. The number of carbonyl (C=O) groups is 1. The van der Waals surface area contributed by atoms with E-state index < -0.39 is 0 Å². The van der Waals surface area contributed by atoms with Crippen molar-refractivity contribution in [2.24, 2.45) is 5.73 Å². The summed E-state index contributed by atoms with van der Waals surface area (Å²) >= 11 is 0. The molecule has 0 saturated heterocycles. The van der Waals surface area contributed by atoms with Gasteiger partial charge in [0.15, 0.2) is 0 Å². The third-order valence-electron chi connectivity index (χ3n) is 2.14. The molecule has 0 bridgehead atoms. The van der Waals surface area contributed by atoms with E-state index in [9.17, 15) is 4.79 Å². The predicted octanol–water partition coefficient (Wildman–Crippen LogP) is 2.01. The summed E-state index contributed by atoms with van der Waals surface area (Å²) in [5.41, 5.74) is 5.89. The zero-order chi connectivity index (χ0) is 11.8. The van der Waals surface area contributed by atoms with Crippen LogP contribution >= 0.6 is 12.4 Å². The molecular formula is C12H18ClNO3. The Morgan fingerprint density at radius 2 is 1.88 bits per heavy atom. The van der Waals surface area contributed by atoms with Gasteiger partial charge in [-0.15, -0.1) is 12.4 Å². The van der Waals surface area contributed by atoms with Gasteiger partial charge in [0.05, 0.1) is 19.3 Å². The molecule has 0 aliphatic carbocycles. The highest BCUT2D eigenvalue weighted by Gasteiger charge is 2.04. The molecule has 1 aromatic rings. The Bertz CT molecular complexity index is 327. The summed E-state index contributed by atoms with van der Waals surface area (Å²) in [4.78, 5) is 11.1. The van der Waals surface area contributed by atoms with Crippen LogP contribution in [0.15, 0.2) is 24.3 Å². The highest BCUT2D eigenvalue weighted by Crippen LogP contribution is 2.13. The lowest BCUT2D eigenvalue weighted by atomic mass is 10.2. The molecule has 1 rings (SSSR count). The highest BCUT2D eigenvalue weighted by atomic mass is 35.5. The Morgan fingerprint density at radius 3 is 2.41 bits per heavy atom. The maximum Gasteiger partial charge on any atom is 0.337 e. The largest absolute Gasteiger partial charge is 0.494 e. The zero-order valence-electron chi connectivity index (χ0n) is 9.85. The van der Waals surface area contributed by atoms with Crippen LogP contribution < -0.4 is 10.5 Å². The molecule has 0 atom stereocenters. The average molecular weight is 260 g/mol. The fourth-order valence-electron chi connectivity index (χ4n) is 1.24. The van der Waals surface area contributed by atoms with Gasteiger partial charge in [-0.3, -0.25) is 0 Å². The summed E-state index contributed by atoms with van der Waals surface area (Å²) in [5, 5.41) is 0. The molecule has 0 spiro atoms. The molecule has 0 aliphatic rings. The molecule has 0 saturated carbocycles. The Kier molecular flexibility index (Phi) is 8.19. The third-order valence-corrected chi connectivity index (χ3v) is 2.14. The van der Waals surface area contributed by atoms with E-state index >= 15 is 0 Å².